The third kappa shape index (κ3) is 3.94. The van der Waals surface area contributed by atoms with Gasteiger partial charge in [-0.25, -0.2) is 4.79 Å². The Labute approximate surface area is 151 Å². The molecule has 2 aromatic rings. The molecule has 2 atom stereocenters. The molecule has 0 heterocycles. The molecule has 2 N–H and O–H groups in total. The van der Waals surface area contributed by atoms with Crippen molar-refractivity contribution in [2.45, 2.75) is 30.9 Å². The average Bonchev–Trinajstić information content (AvgIpc) is 2.62. The number of para-hydroxylation sites is 1. The normalized spacial score (nSPS) is 15.5. The Morgan fingerprint density at radius 3 is 2.08 bits per heavy atom. The number of carboxylic acids is 1. The molecule has 25 heavy (non-hydrogen) atoms. The molecule has 2 aromatic carbocycles. The van der Waals surface area contributed by atoms with Crippen LogP contribution in [0.3, 0.4) is 0 Å². The van der Waals surface area contributed by atoms with Crippen molar-refractivity contribution in [2.75, 3.05) is 0 Å². The fourth-order valence-corrected chi connectivity index (χ4v) is 2.61. The van der Waals surface area contributed by atoms with E-state index in [4.69, 9.17) is 16.3 Å². The summed E-state index contributed by atoms with van der Waals surface area (Å²) in [6.45, 7) is 3.04. The van der Waals surface area contributed by atoms with Crippen molar-refractivity contribution in [3.63, 3.8) is 0 Å². The number of aliphatic carboxylic acids is 1. The maximum atomic E-state index is 12.5. The van der Waals surface area contributed by atoms with E-state index in [-0.39, 0.29) is 6.42 Å². The summed E-state index contributed by atoms with van der Waals surface area (Å²) in [5, 5.41) is 12.4. The summed E-state index contributed by atoms with van der Waals surface area (Å²) in [6, 6.07) is 17.0. The minimum Gasteiger partial charge on any atom is -0.478 e. The van der Waals surface area contributed by atoms with Crippen molar-refractivity contribution in [1.82, 2.24) is 5.32 Å². The van der Waals surface area contributed by atoms with E-state index in [0.29, 0.717) is 11.3 Å². The number of amides is 1. The summed E-state index contributed by atoms with van der Waals surface area (Å²) in [4.78, 5) is 22.8. The smallest absolute Gasteiger partial charge is 0.351 e. The van der Waals surface area contributed by atoms with Gasteiger partial charge in [0.15, 0.2) is 5.00 Å². The summed E-state index contributed by atoms with van der Waals surface area (Å²) in [5.41, 5.74) is -1.50. The quantitative estimate of drug-likeness (QED) is 0.582. The van der Waals surface area contributed by atoms with Crippen molar-refractivity contribution >= 4 is 23.5 Å². The van der Waals surface area contributed by atoms with E-state index in [9.17, 15) is 14.7 Å². The molecule has 0 spiro atoms. The first kappa shape index (κ1) is 18.8. The number of benzene rings is 2. The van der Waals surface area contributed by atoms with Crippen LogP contribution >= 0.6 is 11.6 Å². The van der Waals surface area contributed by atoms with E-state index in [2.05, 4.69) is 5.32 Å². The first-order chi connectivity index (χ1) is 11.8. The van der Waals surface area contributed by atoms with Gasteiger partial charge in [0.2, 0.25) is 5.60 Å². The maximum absolute atomic E-state index is 12.5. The minimum atomic E-state index is -1.88. The summed E-state index contributed by atoms with van der Waals surface area (Å²) in [5.74, 6) is -1.40. The molecule has 132 valence electrons. The topological polar surface area (TPSA) is 75.6 Å². The molecule has 2 rings (SSSR count). The molecule has 0 aliphatic rings. The van der Waals surface area contributed by atoms with Gasteiger partial charge in [-0.3, -0.25) is 4.79 Å². The second-order valence-electron chi connectivity index (χ2n) is 5.73. The molecule has 0 aliphatic heterocycles. The predicted octanol–water partition coefficient (Wildman–Crippen LogP) is 3.68. The standard InChI is InChI=1S/C19H20ClNO4/c1-3-19(20,21-16(22)14-10-6-4-7-11-14)18(2,17(23)24)25-15-12-8-5-9-13-15/h4-13H,3H2,1-2H3,(H,21,22)(H,23,24). The van der Waals surface area contributed by atoms with E-state index >= 15 is 0 Å². The van der Waals surface area contributed by atoms with Crippen molar-refractivity contribution in [2.24, 2.45) is 0 Å². The number of ether oxygens (including phenoxy) is 1. The van der Waals surface area contributed by atoms with E-state index in [0.717, 1.165) is 0 Å². The molecule has 1 amide bonds. The molecule has 0 radical (unpaired) electrons. The Kier molecular flexibility index (Phi) is 5.69. The molecule has 0 saturated heterocycles. The minimum absolute atomic E-state index is 0.142. The van der Waals surface area contributed by atoms with Crippen LogP contribution in [-0.2, 0) is 4.79 Å². The van der Waals surface area contributed by atoms with Crippen LogP contribution in [0.1, 0.15) is 30.6 Å². The van der Waals surface area contributed by atoms with Crippen LogP contribution < -0.4 is 10.1 Å². The fraction of sp³-hybridized carbons (Fsp3) is 0.263. The number of hydrogen-bond donors (Lipinski definition) is 2. The number of rotatable bonds is 7. The van der Waals surface area contributed by atoms with Crippen molar-refractivity contribution in [3.05, 3.63) is 66.2 Å². The zero-order valence-electron chi connectivity index (χ0n) is 14.0. The lowest BCUT2D eigenvalue weighted by atomic mass is 9.92. The van der Waals surface area contributed by atoms with Crippen LogP contribution in [0.5, 0.6) is 5.75 Å². The number of alkyl halides is 1. The van der Waals surface area contributed by atoms with Crippen LogP contribution in [0.15, 0.2) is 60.7 Å². The van der Waals surface area contributed by atoms with Crippen molar-refractivity contribution < 1.29 is 19.4 Å². The van der Waals surface area contributed by atoms with E-state index in [1.807, 2.05) is 0 Å². The van der Waals surface area contributed by atoms with Crippen LogP contribution in [0.25, 0.3) is 0 Å². The number of carbonyl (C=O) groups is 2. The monoisotopic (exact) mass is 361 g/mol. The number of carboxylic acid groups (broad SMARTS) is 1. The van der Waals surface area contributed by atoms with Gasteiger partial charge in [-0.15, -0.1) is 0 Å². The van der Waals surface area contributed by atoms with Gasteiger partial charge in [0.1, 0.15) is 5.75 Å². The zero-order valence-corrected chi connectivity index (χ0v) is 14.8. The summed E-state index contributed by atoms with van der Waals surface area (Å²) < 4.78 is 5.71. The SMILES string of the molecule is CCC(Cl)(NC(=O)c1ccccc1)C(C)(Oc1ccccc1)C(=O)O. The zero-order chi connectivity index (χ0) is 18.5. The molecule has 0 fully saturated rings. The third-order valence-corrected chi connectivity index (χ3v) is 4.79. The maximum Gasteiger partial charge on any atom is 0.351 e. The van der Waals surface area contributed by atoms with Crippen molar-refractivity contribution in [3.8, 4) is 5.75 Å². The Morgan fingerprint density at radius 1 is 1.08 bits per heavy atom. The number of hydrogen-bond acceptors (Lipinski definition) is 3. The molecule has 0 bridgehead atoms. The highest BCUT2D eigenvalue weighted by atomic mass is 35.5. The predicted molar refractivity (Wildman–Crippen MR) is 95.9 cm³/mol. The van der Waals surface area contributed by atoms with Gasteiger partial charge in [-0.2, -0.15) is 0 Å². The highest BCUT2D eigenvalue weighted by molar-refractivity contribution is 6.27. The van der Waals surface area contributed by atoms with E-state index in [1.165, 1.54) is 6.92 Å². The number of carbonyl (C=O) groups excluding carboxylic acids is 1. The first-order valence-corrected chi connectivity index (χ1v) is 8.24. The third-order valence-electron chi connectivity index (χ3n) is 4.06. The second kappa shape index (κ2) is 7.57. The molecule has 6 heteroatoms. The van der Waals surface area contributed by atoms with Crippen LogP contribution in [0, 0.1) is 0 Å². The highest BCUT2D eigenvalue weighted by Crippen LogP contribution is 2.35. The van der Waals surface area contributed by atoms with Gasteiger partial charge in [0, 0.05) is 5.56 Å². The lowest BCUT2D eigenvalue weighted by Gasteiger charge is -2.41. The molecule has 0 aromatic heterocycles. The molecule has 0 saturated carbocycles. The van der Waals surface area contributed by atoms with E-state index in [1.54, 1.807) is 67.6 Å². The van der Waals surface area contributed by atoms with Gasteiger partial charge < -0.3 is 15.2 Å². The summed E-state index contributed by atoms with van der Waals surface area (Å²) in [6.07, 6.45) is 0.142. The summed E-state index contributed by atoms with van der Waals surface area (Å²) >= 11 is 6.58. The van der Waals surface area contributed by atoms with Crippen LogP contribution in [-0.4, -0.2) is 27.6 Å². The van der Waals surface area contributed by atoms with Crippen LogP contribution in [0.2, 0.25) is 0 Å². The van der Waals surface area contributed by atoms with Gasteiger partial charge >= 0.3 is 5.97 Å². The van der Waals surface area contributed by atoms with Gasteiger partial charge in [0.25, 0.3) is 5.91 Å². The Bertz CT molecular complexity index is 738. The first-order valence-electron chi connectivity index (χ1n) is 7.86. The Hall–Kier alpha value is -2.53. The number of nitrogens with one attached hydrogen (secondary N) is 1. The molecule has 2 unspecified atom stereocenters. The van der Waals surface area contributed by atoms with Gasteiger partial charge in [-0.05, 0) is 37.6 Å². The Morgan fingerprint density at radius 2 is 1.60 bits per heavy atom. The van der Waals surface area contributed by atoms with Crippen molar-refractivity contribution in [1.29, 1.82) is 0 Å². The molecule has 0 aliphatic carbocycles. The lowest BCUT2D eigenvalue weighted by Crippen LogP contribution is -2.65. The van der Waals surface area contributed by atoms with Gasteiger partial charge in [-0.1, -0.05) is 54.9 Å². The Balaban J connectivity index is 2.35. The highest BCUT2D eigenvalue weighted by Gasteiger charge is 2.55. The van der Waals surface area contributed by atoms with Crippen LogP contribution in [0.4, 0.5) is 0 Å². The average molecular weight is 362 g/mol. The summed E-state index contributed by atoms with van der Waals surface area (Å²) in [7, 11) is 0. The second-order valence-corrected chi connectivity index (χ2v) is 6.37. The van der Waals surface area contributed by atoms with Gasteiger partial charge in [0.05, 0.1) is 0 Å². The fourth-order valence-electron chi connectivity index (χ4n) is 2.40. The molecular weight excluding hydrogens is 342 g/mol. The number of halogens is 1. The molecule has 5 nitrogen and oxygen atoms in total. The molecular formula is C19H20ClNO4. The van der Waals surface area contributed by atoms with E-state index < -0.39 is 22.5 Å². The lowest BCUT2D eigenvalue weighted by molar-refractivity contribution is -0.158. The largest absolute Gasteiger partial charge is 0.478 e.